The third kappa shape index (κ3) is 4.31. The van der Waals surface area contributed by atoms with E-state index in [4.69, 9.17) is 9.15 Å². The van der Waals surface area contributed by atoms with E-state index in [0.717, 1.165) is 45.3 Å². The summed E-state index contributed by atoms with van der Waals surface area (Å²) in [5.74, 6) is -2.36. The van der Waals surface area contributed by atoms with Gasteiger partial charge in [0.2, 0.25) is 11.8 Å². The Bertz CT molecular complexity index is 1160. The topological polar surface area (TPSA) is 103 Å². The van der Waals surface area contributed by atoms with Crippen LogP contribution in [0.25, 0.3) is 0 Å². The Morgan fingerprint density at radius 2 is 1.79 bits per heavy atom. The molecule has 2 aromatic rings. The van der Waals surface area contributed by atoms with Crippen molar-refractivity contribution in [3.05, 3.63) is 59.5 Å². The number of nitrogens with zero attached hydrogens (tertiary/aromatic N) is 2. The van der Waals surface area contributed by atoms with Crippen LogP contribution in [0.15, 0.2) is 46.9 Å². The minimum Gasteiger partial charge on any atom is -0.461 e. The highest BCUT2D eigenvalue weighted by Gasteiger charge is 2.67. The summed E-state index contributed by atoms with van der Waals surface area (Å²) in [4.78, 5) is 31.7. The maximum atomic E-state index is 13.9. The fourth-order valence-corrected chi connectivity index (χ4v) is 7.55. The number of hydrogen-bond donors (Lipinski definition) is 2. The van der Waals surface area contributed by atoms with Crippen molar-refractivity contribution in [2.45, 2.75) is 76.5 Å². The molecule has 1 aliphatic carbocycles. The molecule has 4 heterocycles. The monoisotopic (exact) mass is 522 g/mol. The van der Waals surface area contributed by atoms with E-state index in [1.807, 2.05) is 18.2 Å². The van der Waals surface area contributed by atoms with Gasteiger partial charge in [-0.15, -0.1) is 0 Å². The van der Waals surface area contributed by atoms with Crippen molar-refractivity contribution >= 4 is 11.8 Å². The number of fused-ring (bicyclic) bond motifs is 3. The van der Waals surface area contributed by atoms with Crippen molar-refractivity contribution in [2.75, 3.05) is 13.1 Å². The number of benzene rings is 1. The van der Waals surface area contributed by atoms with Crippen LogP contribution < -0.4 is 0 Å². The van der Waals surface area contributed by atoms with Crippen LogP contribution in [0.4, 0.5) is 0 Å². The molecule has 4 aliphatic rings. The molecule has 6 rings (SSSR count). The summed E-state index contributed by atoms with van der Waals surface area (Å²) in [5, 5.41) is 21.3. The largest absolute Gasteiger partial charge is 0.461 e. The van der Waals surface area contributed by atoms with Crippen LogP contribution in [0.1, 0.15) is 68.6 Å². The van der Waals surface area contributed by atoms with E-state index < -0.39 is 29.6 Å². The van der Waals surface area contributed by atoms with Crippen molar-refractivity contribution in [3.8, 4) is 0 Å². The number of aliphatic hydroxyl groups excluding tert-OH is 1. The molecule has 1 aromatic heterocycles. The van der Waals surface area contributed by atoms with Crippen LogP contribution in [0.5, 0.6) is 0 Å². The lowest BCUT2D eigenvalue weighted by Gasteiger charge is -2.44. The summed E-state index contributed by atoms with van der Waals surface area (Å²) in [7, 11) is 0. The number of imide groups is 1. The molecule has 38 heavy (non-hydrogen) atoms. The fraction of sp³-hybridized carbons (Fsp3) is 0.600. The van der Waals surface area contributed by atoms with Crippen molar-refractivity contribution in [3.63, 3.8) is 0 Å². The Hall–Kier alpha value is -2.52. The number of hydrogen-bond acceptors (Lipinski definition) is 7. The molecule has 3 aliphatic heterocycles. The minimum absolute atomic E-state index is 0.0614. The molecule has 0 radical (unpaired) electrons. The van der Waals surface area contributed by atoms with Gasteiger partial charge in [-0.1, -0.05) is 43.7 Å². The van der Waals surface area contributed by atoms with Gasteiger partial charge in [-0.3, -0.25) is 19.4 Å². The van der Waals surface area contributed by atoms with Gasteiger partial charge in [0.25, 0.3) is 0 Å². The van der Waals surface area contributed by atoms with Gasteiger partial charge in [0.15, 0.2) is 5.79 Å². The van der Waals surface area contributed by atoms with E-state index in [2.05, 4.69) is 24.0 Å². The highest BCUT2D eigenvalue weighted by Crippen LogP contribution is 2.59. The summed E-state index contributed by atoms with van der Waals surface area (Å²) in [5.41, 5.74) is 1.27. The van der Waals surface area contributed by atoms with Crippen molar-refractivity contribution in [1.82, 2.24) is 9.80 Å². The second-order valence-electron chi connectivity index (χ2n) is 11.6. The smallest absolute Gasteiger partial charge is 0.233 e. The number of likely N-dealkylation sites (tertiary alicyclic amines) is 2. The molecule has 0 spiro atoms. The first kappa shape index (κ1) is 25.7. The first-order valence-corrected chi connectivity index (χ1v) is 14.2. The Kier molecular flexibility index (Phi) is 6.93. The second kappa shape index (κ2) is 10.2. The summed E-state index contributed by atoms with van der Waals surface area (Å²) >= 11 is 0. The van der Waals surface area contributed by atoms with Gasteiger partial charge < -0.3 is 19.4 Å². The summed E-state index contributed by atoms with van der Waals surface area (Å²) in [6, 6.07) is 13.7. The Morgan fingerprint density at radius 1 is 1.03 bits per heavy atom. The normalized spacial score (nSPS) is 34.1. The zero-order valence-corrected chi connectivity index (χ0v) is 22.0. The summed E-state index contributed by atoms with van der Waals surface area (Å²) in [6.45, 7) is 4.41. The molecule has 1 aromatic carbocycles. The first-order chi connectivity index (χ1) is 18.4. The van der Waals surface area contributed by atoms with Gasteiger partial charge in [0, 0.05) is 37.5 Å². The van der Waals surface area contributed by atoms with Crippen molar-refractivity contribution < 1.29 is 29.0 Å². The van der Waals surface area contributed by atoms with E-state index in [1.54, 1.807) is 17.0 Å². The van der Waals surface area contributed by atoms with Crippen molar-refractivity contribution in [1.29, 1.82) is 0 Å². The lowest BCUT2D eigenvalue weighted by Crippen LogP contribution is -2.53. The molecule has 204 valence electrons. The average molecular weight is 523 g/mol. The molecule has 0 unspecified atom stereocenters. The maximum absolute atomic E-state index is 13.9. The lowest BCUT2D eigenvalue weighted by molar-refractivity contribution is -0.271. The predicted octanol–water partition coefficient (Wildman–Crippen LogP) is 3.62. The second-order valence-corrected chi connectivity index (χ2v) is 11.6. The quantitative estimate of drug-likeness (QED) is 0.536. The van der Waals surface area contributed by atoms with Gasteiger partial charge in [0.05, 0.1) is 11.8 Å². The van der Waals surface area contributed by atoms with E-state index in [-0.39, 0.29) is 30.4 Å². The van der Waals surface area contributed by atoms with Crippen molar-refractivity contribution in [2.24, 2.45) is 23.7 Å². The van der Waals surface area contributed by atoms with E-state index in [0.29, 0.717) is 24.4 Å². The molecule has 8 heteroatoms. The standard InChI is InChI=1S/C30H38N2O6/c1-2-6-20-15-23-27(24-16-26(38-30(20,24)36)25-10-9-22(18-33)37-25)29(35)32(28(23)34)21-11-13-31(14-12-21)17-19-7-4-3-5-8-19/h3-5,7-10,20-21,23-24,26-27,33,36H,2,6,11-18H2,1H3/t20-,23-,24-,26-,27-,30+/m0/s1. The third-order valence-corrected chi connectivity index (χ3v) is 9.36. The number of carbonyl (C=O) groups is 2. The number of ether oxygens (including phenoxy) is 1. The average Bonchev–Trinajstić information content (AvgIpc) is 3.61. The summed E-state index contributed by atoms with van der Waals surface area (Å²) in [6.07, 6.45) is 3.49. The van der Waals surface area contributed by atoms with Crippen LogP contribution >= 0.6 is 0 Å². The van der Waals surface area contributed by atoms with Crippen LogP contribution in [0.3, 0.4) is 0 Å². The Labute approximate surface area is 223 Å². The number of aliphatic hydroxyl groups is 2. The van der Waals surface area contributed by atoms with E-state index in [9.17, 15) is 19.8 Å². The Morgan fingerprint density at radius 3 is 2.47 bits per heavy atom. The highest BCUT2D eigenvalue weighted by atomic mass is 16.6. The predicted molar refractivity (Wildman–Crippen MR) is 138 cm³/mol. The van der Waals surface area contributed by atoms with Gasteiger partial charge >= 0.3 is 0 Å². The number of piperidine rings is 1. The van der Waals surface area contributed by atoms with Crippen LogP contribution in [-0.2, 0) is 27.5 Å². The molecule has 0 bridgehead atoms. The van der Waals surface area contributed by atoms with Gasteiger partial charge in [-0.25, -0.2) is 0 Å². The molecule has 6 atom stereocenters. The van der Waals surface area contributed by atoms with Crippen LogP contribution in [0.2, 0.25) is 0 Å². The molecule has 1 saturated carbocycles. The van der Waals surface area contributed by atoms with E-state index >= 15 is 0 Å². The molecule has 8 nitrogen and oxygen atoms in total. The summed E-state index contributed by atoms with van der Waals surface area (Å²) < 4.78 is 12.0. The molecular weight excluding hydrogens is 484 g/mol. The Balaban J connectivity index is 1.20. The minimum atomic E-state index is -1.47. The zero-order chi connectivity index (χ0) is 26.4. The van der Waals surface area contributed by atoms with Crippen LogP contribution in [-0.4, -0.2) is 56.7 Å². The van der Waals surface area contributed by atoms with Gasteiger partial charge in [-0.2, -0.15) is 0 Å². The molecule has 4 fully saturated rings. The van der Waals surface area contributed by atoms with Crippen LogP contribution in [0, 0.1) is 23.7 Å². The van der Waals surface area contributed by atoms with Gasteiger partial charge in [0.1, 0.15) is 24.2 Å². The number of furan rings is 1. The molecule has 2 amide bonds. The van der Waals surface area contributed by atoms with Gasteiger partial charge in [-0.05, 0) is 49.8 Å². The fourth-order valence-electron chi connectivity index (χ4n) is 7.55. The van der Waals surface area contributed by atoms with E-state index in [1.165, 1.54) is 5.56 Å². The maximum Gasteiger partial charge on any atom is 0.233 e. The number of rotatable bonds is 7. The lowest BCUT2D eigenvalue weighted by atomic mass is 9.63. The highest BCUT2D eigenvalue weighted by molar-refractivity contribution is 6.05. The number of carbonyl (C=O) groups excluding carboxylic acids is 2. The molecule has 2 N–H and O–H groups in total. The molecule has 3 saturated heterocycles. The SMILES string of the molecule is CCC[C@H]1C[C@@H]2C(=O)N(C3CCN(Cc4ccccc4)CC3)C(=O)[C@@H]2[C@@H]2C[C@@H](c3ccc(CO)o3)O[C@]12O. The zero-order valence-electron chi connectivity index (χ0n) is 22.0. The molecular formula is C30H38N2O6. The number of amides is 2. The third-order valence-electron chi connectivity index (χ3n) is 9.36. The first-order valence-electron chi connectivity index (χ1n) is 14.2.